The van der Waals surface area contributed by atoms with Crippen LogP contribution >= 0.6 is 11.8 Å². The molecule has 1 N–H and O–H groups in total. The molecule has 0 bridgehead atoms. The molecule has 2 heterocycles. The van der Waals surface area contributed by atoms with Crippen molar-refractivity contribution in [2.75, 3.05) is 31.6 Å². The van der Waals surface area contributed by atoms with Crippen molar-refractivity contribution in [3.05, 3.63) is 29.6 Å². The van der Waals surface area contributed by atoms with E-state index in [0.29, 0.717) is 6.04 Å². The van der Waals surface area contributed by atoms with Gasteiger partial charge in [0, 0.05) is 42.9 Å². The molecule has 1 atom stereocenters. The van der Waals surface area contributed by atoms with E-state index < -0.39 is 0 Å². The third-order valence-corrected chi connectivity index (χ3v) is 4.04. The van der Waals surface area contributed by atoms with Crippen LogP contribution in [0.1, 0.15) is 11.4 Å². The lowest BCUT2D eigenvalue weighted by molar-refractivity contribution is 0.288. The van der Waals surface area contributed by atoms with Gasteiger partial charge in [0.05, 0.1) is 5.69 Å². The molecule has 1 aliphatic rings. The van der Waals surface area contributed by atoms with Crippen molar-refractivity contribution >= 4 is 11.8 Å². The Balaban J connectivity index is 1.82. The number of nitrogens with one attached hydrogen (secondary N) is 1. The third-order valence-electron chi connectivity index (χ3n) is 2.91. The molecule has 17 heavy (non-hydrogen) atoms. The number of rotatable bonds is 4. The lowest BCUT2D eigenvalue weighted by Gasteiger charge is -2.27. The van der Waals surface area contributed by atoms with Crippen molar-refractivity contribution in [1.29, 1.82) is 0 Å². The molecule has 0 aliphatic carbocycles. The first-order chi connectivity index (χ1) is 8.24. The lowest BCUT2D eigenvalue weighted by atomic mass is 10.2. The number of likely N-dealkylation sites (N-methyl/N-ethyl adjacent to an activating group) is 1. The summed E-state index contributed by atoms with van der Waals surface area (Å²) in [6, 6.07) is 6.86. The number of pyridine rings is 1. The first-order valence-electron chi connectivity index (χ1n) is 6.16. The van der Waals surface area contributed by atoms with E-state index in [4.69, 9.17) is 0 Å². The number of aryl methyl sites for hydroxylation is 1. The highest BCUT2D eigenvalue weighted by Crippen LogP contribution is 2.09. The molecular weight excluding hydrogens is 230 g/mol. The second kappa shape index (κ2) is 6.38. The summed E-state index contributed by atoms with van der Waals surface area (Å²) < 4.78 is 0. The monoisotopic (exact) mass is 251 g/mol. The quantitative estimate of drug-likeness (QED) is 0.878. The number of nitrogens with zero attached hydrogens (tertiary/aromatic N) is 2. The number of hydrogen-bond acceptors (Lipinski definition) is 4. The summed E-state index contributed by atoms with van der Waals surface area (Å²) in [6.45, 7) is 5.22. The van der Waals surface area contributed by atoms with Crippen molar-refractivity contribution in [2.24, 2.45) is 0 Å². The molecule has 0 radical (unpaired) electrons. The molecule has 0 saturated carbocycles. The fourth-order valence-corrected chi connectivity index (χ4v) is 3.08. The highest BCUT2D eigenvalue weighted by molar-refractivity contribution is 7.99. The minimum Gasteiger partial charge on any atom is -0.311 e. The summed E-state index contributed by atoms with van der Waals surface area (Å²) >= 11 is 2.05. The fraction of sp³-hybridized carbons (Fsp3) is 0.615. The topological polar surface area (TPSA) is 28.2 Å². The summed E-state index contributed by atoms with van der Waals surface area (Å²) in [5.41, 5.74) is 2.26. The van der Waals surface area contributed by atoms with Gasteiger partial charge in [-0.25, -0.2) is 0 Å². The second-order valence-corrected chi connectivity index (χ2v) is 5.84. The van der Waals surface area contributed by atoms with E-state index in [1.807, 2.05) is 24.8 Å². The van der Waals surface area contributed by atoms with Gasteiger partial charge in [0.15, 0.2) is 0 Å². The van der Waals surface area contributed by atoms with Crippen molar-refractivity contribution in [3.8, 4) is 0 Å². The van der Waals surface area contributed by atoms with Crippen LogP contribution in [0.25, 0.3) is 0 Å². The van der Waals surface area contributed by atoms with Crippen LogP contribution in [0.15, 0.2) is 18.2 Å². The smallest absolute Gasteiger partial charge is 0.0547 e. The number of aromatic nitrogens is 1. The molecule has 1 aromatic heterocycles. The SMILES string of the molecule is Cc1cccc(CN(C)CC2CSCCN2)n1. The summed E-state index contributed by atoms with van der Waals surface area (Å²) in [6.07, 6.45) is 0. The van der Waals surface area contributed by atoms with Gasteiger partial charge in [0.2, 0.25) is 0 Å². The van der Waals surface area contributed by atoms with Crippen LogP contribution in [0.3, 0.4) is 0 Å². The Bertz CT molecular complexity index is 350. The minimum absolute atomic E-state index is 0.628. The van der Waals surface area contributed by atoms with Gasteiger partial charge in [-0.15, -0.1) is 0 Å². The van der Waals surface area contributed by atoms with E-state index in [0.717, 1.165) is 31.0 Å². The molecule has 0 amide bonds. The Morgan fingerprint density at radius 1 is 1.53 bits per heavy atom. The highest BCUT2D eigenvalue weighted by Gasteiger charge is 2.15. The second-order valence-electron chi connectivity index (χ2n) is 4.69. The Kier molecular flexibility index (Phi) is 4.83. The zero-order chi connectivity index (χ0) is 12.1. The molecule has 1 fully saturated rings. The Hall–Kier alpha value is -0.580. The van der Waals surface area contributed by atoms with Gasteiger partial charge in [-0.05, 0) is 26.1 Å². The molecule has 3 nitrogen and oxygen atoms in total. The minimum atomic E-state index is 0.628. The van der Waals surface area contributed by atoms with E-state index in [9.17, 15) is 0 Å². The van der Waals surface area contributed by atoms with Crippen molar-refractivity contribution in [3.63, 3.8) is 0 Å². The maximum Gasteiger partial charge on any atom is 0.0547 e. The third kappa shape index (κ3) is 4.30. The summed E-state index contributed by atoms with van der Waals surface area (Å²) in [5, 5.41) is 3.56. The van der Waals surface area contributed by atoms with Crippen molar-refractivity contribution < 1.29 is 0 Å². The van der Waals surface area contributed by atoms with Gasteiger partial charge in [0.1, 0.15) is 0 Å². The standard InChI is InChI=1S/C13H21N3S/c1-11-4-3-5-12(15-11)8-16(2)9-13-10-17-7-6-14-13/h3-5,13-14H,6-10H2,1-2H3. The van der Waals surface area contributed by atoms with Gasteiger partial charge >= 0.3 is 0 Å². The molecule has 4 heteroatoms. The molecule has 1 saturated heterocycles. The maximum atomic E-state index is 4.54. The molecular formula is C13H21N3S. The summed E-state index contributed by atoms with van der Waals surface area (Å²) in [4.78, 5) is 6.89. The van der Waals surface area contributed by atoms with Crippen LogP contribution in [-0.4, -0.2) is 47.6 Å². The van der Waals surface area contributed by atoms with Crippen LogP contribution < -0.4 is 5.32 Å². The zero-order valence-electron chi connectivity index (χ0n) is 10.6. The van der Waals surface area contributed by atoms with Crippen LogP contribution in [0.5, 0.6) is 0 Å². The first kappa shape index (κ1) is 12.9. The maximum absolute atomic E-state index is 4.54. The molecule has 0 spiro atoms. The molecule has 0 aromatic carbocycles. The van der Waals surface area contributed by atoms with Gasteiger partial charge in [-0.3, -0.25) is 9.88 Å². The predicted molar refractivity (Wildman–Crippen MR) is 74.4 cm³/mol. The Morgan fingerprint density at radius 2 is 2.41 bits per heavy atom. The van der Waals surface area contributed by atoms with Gasteiger partial charge in [0.25, 0.3) is 0 Å². The summed E-state index contributed by atoms with van der Waals surface area (Å²) in [7, 11) is 2.17. The highest BCUT2D eigenvalue weighted by atomic mass is 32.2. The van der Waals surface area contributed by atoms with Gasteiger partial charge in [-0.1, -0.05) is 6.07 Å². The van der Waals surface area contributed by atoms with E-state index in [-0.39, 0.29) is 0 Å². The van der Waals surface area contributed by atoms with Crippen molar-refractivity contribution in [2.45, 2.75) is 19.5 Å². The Labute approximate surface area is 108 Å². The number of hydrogen-bond donors (Lipinski definition) is 1. The van der Waals surface area contributed by atoms with Crippen LogP contribution in [0, 0.1) is 6.92 Å². The molecule has 2 rings (SSSR count). The van der Waals surface area contributed by atoms with Crippen molar-refractivity contribution in [1.82, 2.24) is 15.2 Å². The van der Waals surface area contributed by atoms with E-state index >= 15 is 0 Å². The largest absolute Gasteiger partial charge is 0.311 e. The zero-order valence-corrected chi connectivity index (χ0v) is 11.5. The molecule has 1 aliphatic heterocycles. The lowest BCUT2D eigenvalue weighted by Crippen LogP contribution is -2.44. The van der Waals surface area contributed by atoms with Crippen LogP contribution in [0.2, 0.25) is 0 Å². The number of thioether (sulfide) groups is 1. The molecule has 1 aromatic rings. The summed E-state index contributed by atoms with van der Waals surface area (Å²) in [5.74, 6) is 2.48. The van der Waals surface area contributed by atoms with E-state index in [1.165, 1.54) is 11.5 Å². The average molecular weight is 251 g/mol. The van der Waals surface area contributed by atoms with Crippen LogP contribution in [0.4, 0.5) is 0 Å². The van der Waals surface area contributed by atoms with Crippen LogP contribution in [-0.2, 0) is 6.54 Å². The first-order valence-corrected chi connectivity index (χ1v) is 7.32. The molecule has 94 valence electrons. The van der Waals surface area contributed by atoms with Gasteiger partial charge < -0.3 is 5.32 Å². The molecule has 1 unspecified atom stereocenters. The Morgan fingerprint density at radius 3 is 3.12 bits per heavy atom. The fourth-order valence-electron chi connectivity index (χ4n) is 2.14. The predicted octanol–water partition coefficient (Wildman–Crippen LogP) is 1.53. The van der Waals surface area contributed by atoms with E-state index in [2.05, 4.69) is 34.4 Å². The normalized spacial score (nSPS) is 20.8. The van der Waals surface area contributed by atoms with Gasteiger partial charge in [-0.2, -0.15) is 11.8 Å². The van der Waals surface area contributed by atoms with E-state index in [1.54, 1.807) is 0 Å². The average Bonchev–Trinajstić information content (AvgIpc) is 2.30.